The minimum atomic E-state index is -2.43. The third-order valence-corrected chi connectivity index (χ3v) is 8.54. The van der Waals surface area contributed by atoms with E-state index in [2.05, 4.69) is 0 Å². The zero-order chi connectivity index (χ0) is 14.7. The zero-order valence-corrected chi connectivity index (χ0v) is 15.1. The second-order valence-corrected chi connectivity index (χ2v) is 10.2. The molecular weight excluding hydrogens is 319 g/mol. The highest BCUT2D eigenvalue weighted by Gasteiger charge is 2.37. The Morgan fingerprint density at radius 3 is 0.722 bits per heavy atom. The summed E-state index contributed by atoms with van der Waals surface area (Å²) in [4.78, 5) is 0. The fourth-order valence-corrected chi connectivity index (χ4v) is 4.45. The fraction of sp³-hybridized carbons (Fsp3) is 1.00. The summed E-state index contributed by atoms with van der Waals surface area (Å²) < 4.78 is 29.7. The van der Waals surface area contributed by atoms with Crippen LogP contribution in [0.4, 0.5) is 0 Å². The Kier molecular flexibility index (Phi) is 13.6. The predicted molar refractivity (Wildman–Crippen MR) is 75.0 cm³/mol. The van der Waals surface area contributed by atoms with Gasteiger partial charge in [0.2, 0.25) is 0 Å². The van der Waals surface area contributed by atoms with Gasteiger partial charge < -0.3 is 26.6 Å². The quantitative estimate of drug-likeness (QED) is 0.490. The van der Waals surface area contributed by atoms with Gasteiger partial charge in [-0.15, -0.1) is 23.2 Å². The van der Waals surface area contributed by atoms with Gasteiger partial charge in [-0.2, -0.15) is 0 Å². The van der Waals surface area contributed by atoms with Gasteiger partial charge in [0.15, 0.2) is 0 Å². The lowest BCUT2D eigenvalue weighted by molar-refractivity contribution is 0.129. The first kappa shape index (κ1) is 21.1. The van der Waals surface area contributed by atoms with E-state index in [9.17, 15) is 0 Å². The normalized spacial score (nSPS) is 12.0. The molecule has 0 aliphatic rings. The summed E-state index contributed by atoms with van der Waals surface area (Å²) >= 11 is 11.0. The van der Waals surface area contributed by atoms with Crippen LogP contribution in [0.25, 0.3) is 0 Å². The van der Waals surface area contributed by atoms with Crippen LogP contribution in [0.3, 0.4) is 0 Å². The summed E-state index contributed by atoms with van der Waals surface area (Å²) in [7, 11) is 4.32. The van der Waals surface area contributed by atoms with E-state index in [4.69, 9.17) is 49.8 Å². The second kappa shape index (κ2) is 11.6. The van der Waals surface area contributed by atoms with E-state index in [0.29, 0.717) is 0 Å². The van der Waals surface area contributed by atoms with Crippen molar-refractivity contribution in [3.63, 3.8) is 0 Å². The van der Waals surface area contributed by atoms with Gasteiger partial charge in [0.1, 0.15) is 0 Å². The summed E-state index contributed by atoms with van der Waals surface area (Å²) in [5, 5.41) is 0. The molecule has 0 aromatic rings. The molecule has 0 aromatic carbocycles. The first-order valence-electron chi connectivity index (χ1n) is 4.92. The molecule has 0 radical (unpaired) electrons. The van der Waals surface area contributed by atoms with Crippen LogP contribution < -0.4 is 0 Å². The van der Waals surface area contributed by atoms with E-state index in [1.807, 2.05) is 0 Å². The average Bonchev–Trinajstić information content (AvgIpc) is 2.46. The van der Waals surface area contributed by atoms with Crippen molar-refractivity contribution in [2.24, 2.45) is 0 Å². The highest BCUT2D eigenvalue weighted by Crippen LogP contribution is 2.07. The number of halogens is 2. The first-order chi connectivity index (χ1) is 8.49. The summed E-state index contributed by atoms with van der Waals surface area (Å²) in [5.74, 6) is 0. The van der Waals surface area contributed by atoms with Gasteiger partial charge in [-0.25, -0.2) is 0 Å². The molecule has 18 heavy (non-hydrogen) atoms. The van der Waals surface area contributed by atoms with Gasteiger partial charge in [0.05, 0.1) is 11.0 Å². The SMILES string of the molecule is CO[Si](CCl)(OC)OC.CO[Si](CCl)(OC)OC. The highest BCUT2D eigenvalue weighted by molar-refractivity contribution is 6.69. The van der Waals surface area contributed by atoms with Crippen LogP contribution in [0.2, 0.25) is 0 Å². The van der Waals surface area contributed by atoms with Crippen LogP contribution in [0.5, 0.6) is 0 Å². The molecule has 0 N–H and O–H groups in total. The smallest absolute Gasteiger partial charge is 0.376 e. The van der Waals surface area contributed by atoms with E-state index in [1.165, 1.54) is 42.7 Å². The van der Waals surface area contributed by atoms with Crippen molar-refractivity contribution < 1.29 is 26.6 Å². The predicted octanol–water partition coefficient (Wildman–Crippen LogP) is 1.28. The lowest BCUT2D eigenvalue weighted by Crippen LogP contribution is -2.45. The summed E-state index contributed by atoms with van der Waals surface area (Å²) in [6.07, 6.45) is 0. The van der Waals surface area contributed by atoms with E-state index in [-0.39, 0.29) is 11.0 Å². The molecule has 0 amide bonds. The molecule has 0 heterocycles. The molecule has 6 nitrogen and oxygen atoms in total. The van der Waals surface area contributed by atoms with Crippen molar-refractivity contribution in [3.05, 3.63) is 0 Å². The van der Waals surface area contributed by atoms with Crippen molar-refractivity contribution in [3.8, 4) is 0 Å². The molecule has 0 aliphatic heterocycles. The van der Waals surface area contributed by atoms with Gasteiger partial charge in [0.25, 0.3) is 0 Å². The lowest BCUT2D eigenvalue weighted by atomic mass is 11.8. The Morgan fingerprint density at radius 1 is 0.556 bits per heavy atom. The number of rotatable bonds is 8. The third-order valence-electron chi connectivity index (χ3n) is 2.19. The monoisotopic (exact) mass is 340 g/mol. The molecule has 0 aromatic heterocycles. The maximum Gasteiger partial charge on any atom is 0.515 e. The average molecular weight is 341 g/mol. The standard InChI is InChI=1S/2C4H11ClO3Si/c2*1-6-9(4-5,7-2)8-3/h2*4H2,1-3H3. The molecule has 112 valence electrons. The van der Waals surface area contributed by atoms with E-state index >= 15 is 0 Å². The highest BCUT2D eigenvalue weighted by atomic mass is 35.5. The van der Waals surface area contributed by atoms with Gasteiger partial charge in [-0.1, -0.05) is 0 Å². The number of alkyl halides is 2. The number of hydrogen-bond donors (Lipinski definition) is 0. The Labute approximate surface area is 121 Å². The molecule has 0 bridgehead atoms. The molecule has 0 saturated heterocycles. The van der Waals surface area contributed by atoms with Crippen LogP contribution in [0.1, 0.15) is 0 Å². The molecule has 0 saturated carbocycles. The molecule has 0 unspecified atom stereocenters. The maximum absolute atomic E-state index is 5.51. The lowest BCUT2D eigenvalue weighted by Gasteiger charge is -2.20. The van der Waals surface area contributed by atoms with Crippen LogP contribution >= 0.6 is 23.2 Å². The Hall–Kier alpha value is 0.774. The van der Waals surface area contributed by atoms with E-state index in [1.54, 1.807) is 0 Å². The van der Waals surface area contributed by atoms with E-state index in [0.717, 1.165) is 0 Å². The van der Waals surface area contributed by atoms with Gasteiger partial charge in [0, 0.05) is 42.7 Å². The second-order valence-electron chi connectivity index (χ2n) is 2.86. The van der Waals surface area contributed by atoms with Crippen molar-refractivity contribution in [1.82, 2.24) is 0 Å². The first-order valence-corrected chi connectivity index (χ1v) is 9.85. The van der Waals surface area contributed by atoms with Crippen LogP contribution in [0, 0.1) is 0 Å². The van der Waals surface area contributed by atoms with Crippen molar-refractivity contribution >= 4 is 40.8 Å². The Balaban J connectivity index is 0. The van der Waals surface area contributed by atoms with Crippen molar-refractivity contribution in [2.45, 2.75) is 0 Å². The van der Waals surface area contributed by atoms with Crippen LogP contribution in [-0.4, -0.2) is 71.3 Å². The van der Waals surface area contributed by atoms with Crippen LogP contribution in [0.15, 0.2) is 0 Å². The van der Waals surface area contributed by atoms with Gasteiger partial charge in [-0.05, 0) is 0 Å². The molecule has 10 heteroatoms. The third kappa shape index (κ3) is 6.80. The summed E-state index contributed by atoms with van der Waals surface area (Å²) in [6, 6.07) is 0. The minimum Gasteiger partial charge on any atom is -0.376 e. The van der Waals surface area contributed by atoms with Crippen molar-refractivity contribution in [2.75, 3.05) is 53.7 Å². The largest absolute Gasteiger partial charge is 0.515 e. The Bertz CT molecular complexity index is 137. The molecular formula is C8H22Cl2O6Si2. The minimum absolute atomic E-state index is 0.288. The topological polar surface area (TPSA) is 55.4 Å². The number of hydrogen-bond acceptors (Lipinski definition) is 6. The molecule has 0 atom stereocenters. The summed E-state index contributed by atoms with van der Waals surface area (Å²) in [6.45, 7) is 0. The molecule has 0 fully saturated rings. The molecule has 0 aliphatic carbocycles. The molecule has 0 spiro atoms. The molecule has 0 rings (SSSR count). The van der Waals surface area contributed by atoms with Gasteiger partial charge >= 0.3 is 17.6 Å². The van der Waals surface area contributed by atoms with Crippen molar-refractivity contribution in [1.29, 1.82) is 0 Å². The fourth-order valence-electron chi connectivity index (χ4n) is 0.827. The van der Waals surface area contributed by atoms with E-state index < -0.39 is 17.6 Å². The van der Waals surface area contributed by atoms with Gasteiger partial charge in [-0.3, -0.25) is 0 Å². The van der Waals surface area contributed by atoms with Crippen LogP contribution in [-0.2, 0) is 26.6 Å². The maximum atomic E-state index is 5.51. The zero-order valence-electron chi connectivity index (χ0n) is 11.6. The Morgan fingerprint density at radius 2 is 0.722 bits per heavy atom. The summed E-state index contributed by atoms with van der Waals surface area (Å²) in [5.41, 5.74) is 0.576.